The molecule has 0 spiro atoms. The lowest BCUT2D eigenvalue weighted by Gasteiger charge is -2.21. The summed E-state index contributed by atoms with van der Waals surface area (Å²) < 4.78 is 0. The highest BCUT2D eigenvalue weighted by molar-refractivity contribution is 6.04. The zero-order valence-corrected chi connectivity index (χ0v) is 15.0. The number of nitrogens with one attached hydrogen (secondary N) is 1. The van der Waals surface area contributed by atoms with E-state index in [2.05, 4.69) is 34.0 Å². The van der Waals surface area contributed by atoms with Crippen LogP contribution in [0.3, 0.4) is 0 Å². The first-order valence-electron chi connectivity index (χ1n) is 8.50. The number of carbonyl (C=O) groups excluding carboxylic acids is 1. The molecule has 1 N–H and O–H groups in total. The lowest BCUT2D eigenvalue weighted by atomic mass is 10.1. The molecule has 0 aliphatic carbocycles. The third kappa shape index (κ3) is 4.54. The molecule has 5 heteroatoms. The van der Waals surface area contributed by atoms with Gasteiger partial charge < -0.3 is 10.2 Å². The molecule has 0 fully saturated rings. The first-order valence-corrected chi connectivity index (χ1v) is 8.50. The predicted octanol–water partition coefficient (Wildman–Crippen LogP) is 3.97. The van der Waals surface area contributed by atoms with Gasteiger partial charge in [-0.05, 0) is 43.9 Å². The molecule has 0 saturated carbocycles. The van der Waals surface area contributed by atoms with Crippen molar-refractivity contribution in [2.45, 2.75) is 40.5 Å². The van der Waals surface area contributed by atoms with Crippen LogP contribution in [0.5, 0.6) is 0 Å². The summed E-state index contributed by atoms with van der Waals surface area (Å²) in [7, 11) is 0. The molecular formula is C19H26N4O. The molecular weight excluding hydrogens is 300 g/mol. The van der Waals surface area contributed by atoms with Crippen LogP contribution in [-0.2, 0) is 0 Å². The Hall–Kier alpha value is -2.43. The topological polar surface area (TPSA) is 58.1 Å². The van der Waals surface area contributed by atoms with E-state index in [1.807, 2.05) is 32.0 Å². The van der Waals surface area contributed by atoms with E-state index < -0.39 is 0 Å². The summed E-state index contributed by atoms with van der Waals surface area (Å²) in [6.45, 7) is 10.1. The molecule has 0 unspecified atom stereocenters. The van der Waals surface area contributed by atoms with Crippen molar-refractivity contribution in [3.8, 4) is 0 Å². The van der Waals surface area contributed by atoms with E-state index in [0.717, 1.165) is 42.7 Å². The third-order valence-electron chi connectivity index (χ3n) is 3.81. The molecule has 2 rings (SSSR count). The highest BCUT2D eigenvalue weighted by Crippen LogP contribution is 2.17. The average molecular weight is 326 g/mol. The van der Waals surface area contributed by atoms with Gasteiger partial charge in [-0.1, -0.05) is 26.0 Å². The number of benzene rings is 1. The first-order chi connectivity index (χ1) is 11.5. The number of hydrogen-bond acceptors (Lipinski definition) is 4. The Balaban J connectivity index is 2.12. The summed E-state index contributed by atoms with van der Waals surface area (Å²) in [5.41, 5.74) is 3.43. The molecule has 0 saturated heterocycles. The summed E-state index contributed by atoms with van der Waals surface area (Å²) in [5, 5.41) is 2.93. The van der Waals surface area contributed by atoms with Gasteiger partial charge in [-0.15, -0.1) is 0 Å². The van der Waals surface area contributed by atoms with Gasteiger partial charge >= 0.3 is 0 Å². The number of carbonyl (C=O) groups is 1. The summed E-state index contributed by atoms with van der Waals surface area (Å²) in [5.74, 6) is 0.495. The number of aromatic nitrogens is 2. The Morgan fingerprint density at radius 1 is 1.08 bits per heavy atom. The summed E-state index contributed by atoms with van der Waals surface area (Å²) in [6, 6.07) is 5.99. The largest absolute Gasteiger partial charge is 0.341 e. The molecule has 5 nitrogen and oxygen atoms in total. The zero-order valence-electron chi connectivity index (χ0n) is 15.0. The van der Waals surface area contributed by atoms with Gasteiger partial charge in [-0.25, -0.2) is 9.97 Å². The van der Waals surface area contributed by atoms with Crippen molar-refractivity contribution in [3.05, 3.63) is 47.3 Å². The molecule has 0 bridgehead atoms. The molecule has 1 amide bonds. The maximum absolute atomic E-state index is 12.4. The van der Waals surface area contributed by atoms with E-state index in [4.69, 9.17) is 0 Å². The van der Waals surface area contributed by atoms with Crippen molar-refractivity contribution in [2.75, 3.05) is 23.3 Å². The van der Waals surface area contributed by atoms with Crippen LogP contribution in [0.25, 0.3) is 0 Å². The van der Waals surface area contributed by atoms with Gasteiger partial charge in [-0.3, -0.25) is 4.79 Å². The fourth-order valence-electron chi connectivity index (χ4n) is 2.52. The van der Waals surface area contributed by atoms with Crippen LogP contribution in [0.15, 0.2) is 30.6 Å². The van der Waals surface area contributed by atoms with Crippen molar-refractivity contribution in [2.24, 2.45) is 0 Å². The fraction of sp³-hybridized carbons (Fsp3) is 0.421. The summed E-state index contributed by atoms with van der Waals surface area (Å²) in [4.78, 5) is 23.3. The average Bonchev–Trinajstić information content (AvgIpc) is 2.58. The smallest absolute Gasteiger partial charge is 0.258 e. The molecule has 1 heterocycles. The minimum atomic E-state index is -0.187. The molecule has 1 aromatic carbocycles. The lowest BCUT2D eigenvalue weighted by Crippen LogP contribution is -2.27. The van der Waals surface area contributed by atoms with E-state index in [-0.39, 0.29) is 5.91 Å². The van der Waals surface area contributed by atoms with E-state index >= 15 is 0 Å². The van der Waals surface area contributed by atoms with Crippen LogP contribution in [-0.4, -0.2) is 29.0 Å². The Morgan fingerprint density at radius 2 is 1.71 bits per heavy atom. The normalized spacial score (nSPS) is 10.5. The predicted molar refractivity (Wildman–Crippen MR) is 98.7 cm³/mol. The molecule has 1 aromatic heterocycles. The van der Waals surface area contributed by atoms with Gasteiger partial charge in [0.1, 0.15) is 0 Å². The van der Waals surface area contributed by atoms with E-state index in [9.17, 15) is 4.79 Å². The van der Waals surface area contributed by atoms with Crippen molar-refractivity contribution < 1.29 is 4.79 Å². The lowest BCUT2D eigenvalue weighted by molar-refractivity contribution is 0.102. The Labute approximate surface area is 144 Å². The number of amides is 1. The Bertz CT molecular complexity index is 676. The fourth-order valence-corrected chi connectivity index (χ4v) is 2.52. The maximum Gasteiger partial charge on any atom is 0.258 e. The van der Waals surface area contributed by atoms with Crippen LogP contribution in [0.4, 0.5) is 11.6 Å². The number of aryl methyl sites for hydroxylation is 2. The number of nitrogens with zero attached hydrogens (tertiary/aromatic N) is 3. The summed E-state index contributed by atoms with van der Waals surface area (Å²) >= 11 is 0. The SMILES string of the molecule is CCCN(CCC)c1ncc(C(=O)Nc2cc(C)ccc2C)cn1. The third-order valence-corrected chi connectivity index (χ3v) is 3.81. The monoisotopic (exact) mass is 326 g/mol. The minimum absolute atomic E-state index is 0.187. The Morgan fingerprint density at radius 3 is 2.29 bits per heavy atom. The van der Waals surface area contributed by atoms with Crippen LogP contribution < -0.4 is 10.2 Å². The number of hydrogen-bond donors (Lipinski definition) is 1. The first kappa shape index (κ1) is 17.9. The molecule has 0 atom stereocenters. The minimum Gasteiger partial charge on any atom is -0.341 e. The van der Waals surface area contributed by atoms with Crippen LogP contribution in [0.2, 0.25) is 0 Å². The molecule has 0 aliphatic heterocycles. The van der Waals surface area contributed by atoms with Gasteiger partial charge in [0.05, 0.1) is 5.56 Å². The molecule has 0 radical (unpaired) electrons. The second kappa shape index (κ2) is 8.43. The van der Waals surface area contributed by atoms with Gasteiger partial charge in [0.25, 0.3) is 5.91 Å². The second-order valence-electron chi connectivity index (χ2n) is 6.03. The van der Waals surface area contributed by atoms with Crippen molar-refractivity contribution >= 4 is 17.5 Å². The van der Waals surface area contributed by atoms with Gasteiger partial charge in [0, 0.05) is 31.2 Å². The van der Waals surface area contributed by atoms with Crippen LogP contribution in [0, 0.1) is 13.8 Å². The molecule has 2 aromatic rings. The van der Waals surface area contributed by atoms with Gasteiger partial charge in [0.2, 0.25) is 5.95 Å². The number of rotatable bonds is 7. The number of anilines is 2. The summed E-state index contributed by atoms with van der Waals surface area (Å²) in [6.07, 6.45) is 5.28. The highest BCUT2D eigenvalue weighted by Gasteiger charge is 2.12. The van der Waals surface area contributed by atoms with E-state index in [1.165, 1.54) is 0 Å². The standard InChI is InChI=1S/C19H26N4O/c1-5-9-23(10-6-2)19-20-12-16(13-21-19)18(24)22-17-11-14(3)7-8-15(17)4/h7-8,11-13H,5-6,9-10H2,1-4H3,(H,22,24). The maximum atomic E-state index is 12.4. The van der Waals surface area contributed by atoms with Gasteiger partial charge in [0.15, 0.2) is 0 Å². The quantitative estimate of drug-likeness (QED) is 0.836. The van der Waals surface area contributed by atoms with Crippen molar-refractivity contribution in [3.63, 3.8) is 0 Å². The van der Waals surface area contributed by atoms with E-state index in [0.29, 0.717) is 11.5 Å². The van der Waals surface area contributed by atoms with Crippen molar-refractivity contribution in [1.29, 1.82) is 0 Å². The molecule has 24 heavy (non-hydrogen) atoms. The van der Waals surface area contributed by atoms with Gasteiger partial charge in [-0.2, -0.15) is 0 Å². The van der Waals surface area contributed by atoms with Crippen molar-refractivity contribution in [1.82, 2.24) is 9.97 Å². The molecule has 128 valence electrons. The second-order valence-corrected chi connectivity index (χ2v) is 6.03. The van der Waals surface area contributed by atoms with Crippen LogP contribution >= 0.6 is 0 Å². The van der Waals surface area contributed by atoms with E-state index in [1.54, 1.807) is 12.4 Å². The molecule has 0 aliphatic rings. The highest BCUT2D eigenvalue weighted by atomic mass is 16.1. The van der Waals surface area contributed by atoms with Crippen LogP contribution in [0.1, 0.15) is 48.2 Å². The Kier molecular flexibility index (Phi) is 6.29. The zero-order chi connectivity index (χ0) is 17.5.